The Labute approximate surface area is 375 Å². The van der Waals surface area contributed by atoms with Gasteiger partial charge in [-0.15, -0.1) is 23.5 Å². The lowest BCUT2D eigenvalue weighted by Crippen LogP contribution is -2.26. The van der Waals surface area contributed by atoms with Crippen LogP contribution in [0.2, 0.25) is 0 Å². The first-order valence-electron chi connectivity index (χ1n) is 20.9. The van der Waals surface area contributed by atoms with E-state index in [1.54, 1.807) is 12.1 Å². The van der Waals surface area contributed by atoms with Crippen molar-refractivity contribution in [3.63, 3.8) is 0 Å². The molecule has 12 nitrogen and oxygen atoms in total. The fourth-order valence-electron chi connectivity index (χ4n) is 7.68. The average molecular weight is 927 g/mol. The van der Waals surface area contributed by atoms with Crippen LogP contribution in [0.4, 0.5) is 22.7 Å². The van der Waals surface area contributed by atoms with Crippen LogP contribution >= 0.6 is 23.5 Å². The molecular weight excluding hydrogens is 869 g/mol. The fourth-order valence-corrected chi connectivity index (χ4v) is 12.5. The third-order valence-corrected chi connectivity index (χ3v) is 16.1. The molecule has 0 saturated carbocycles. The average Bonchev–Trinajstić information content (AvgIpc) is 3.43. The zero-order chi connectivity index (χ0) is 44.9. The van der Waals surface area contributed by atoms with Gasteiger partial charge >= 0.3 is 11.9 Å². The number of thioether (sulfide) groups is 2. The second kappa shape index (κ2) is 22.8. The van der Waals surface area contributed by atoms with E-state index in [9.17, 15) is 26.4 Å². The molecule has 0 unspecified atom stereocenters. The first kappa shape index (κ1) is 48.6. The van der Waals surface area contributed by atoms with Crippen LogP contribution in [0, 0.1) is 11.8 Å². The molecule has 4 aromatic rings. The molecule has 2 aliphatic rings. The largest absolute Gasteiger partial charge is 0.492 e. The maximum Gasteiger partial charge on any atom is 0.306 e. The molecule has 0 aromatic heterocycles. The maximum atomic E-state index is 13.4. The zero-order valence-electron chi connectivity index (χ0n) is 35.8. The van der Waals surface area contributed by atoms with Crippen LogP contribution in [0.3, 0.4) is 0 Å². The Morgan fingerprint density at radius 2 is 1.00 bits per heavy atom. The Morgan fingerprint density at radius 3 is 1.32 bits per heavy atom. The quantitative estimate of drug-likeness (QED) is 0.0905. The summed E-state index contributed by atoms with van der Waals surface area (Å²) in [7, 11) is -7.07. The number of carbonyl (C=O) groups is 2. The minimum atomic E-state index is -3.54. The molecule has 336 valence electrons. The van der Waals surface area contributed by atoms with E-state index in [0.717, 1.165) is 59.7 Å². The molecule has 0 amide bonds. The lowest BCUT2D eigenvalue weighted by molar-refractivity contribution is -0.138. The SMILES string of the molecule is CCCC[C@@H]1CN(c2ccccc2)c2cc(SC)c(OCCC(=O)O)cc2S(=O)(=O)C1.CCCC[C@H]1CN(c2ccccc2)c2cc(SC)c(OCCC(=O)O)cc2S(=O)(=O)C1. The number of nitrogens with zero attached hydrogens (tertiary/aromatic N) is 2. The Kier molecular flexibility index (Phi) is 17.9. The number of sulfone groups is 2. The van der Waals surface area contributed by atoms with Crippen molar-refractivity contribution in [2.75, 3.05) is 60.1 Å². The number of rotatable bonds is 18. The van der Waals surface area contributed by atoms with Crippen LogP contribution in [0.15, 0.2) is 105 Å². The summed E-state index contributed by atoms with van der Waals surface area (Å²) in [5.74, 6) is -0.859. The number of anilines is 4. The van der Waals surface area contributed by atoms with Gasteiger partial charge in [0.2, 0.25) is 0 Å². The second-order valence-corrected chi connectivity index (χ2v) is 21.1. The molecule has 2 heterocycles. The summed E-state index contributed by atoms with van der Waals surface area (Å²) in [4.78, 5) is 28.0. The summed E-state index contributed by atoms with van der Waals surface area (Å²) in [5, 5.41) is 17.8. The Morgan fingerprint density at radius 1 is 0.629 bits per heavy atom. The highest BCUT2D eigenvalue weighted by molar-refractivity contribution is 7.99. The molecule has 0 fully saturated rings. The molecule has 0 spiro atoms. The van der Waals surface area contributed by atoms with Gasteiger partial charge in [-0.2, -0.15) is 0 Å². The van der Waals surface area contributed by atoms with Gasteiger partial charge in [-0.05, 0) is 73.6 Å². The van der Waals surface area contributed by atoms with Crippen molar-refractivity contribution in [2.45, 2.75) is 84.8 Å². The Hall–Kier alpha value is -4.38. The molecule has 0 saturated heterocycles. The maximum absolute atomic E-state index is 13.4. The third-order valence-electron chi connectivity index (χ3n) is 10.7. The summed E-state index contributed by atoms with van der Waals surface area (Å²) in [6, 6.07) is 26.6. The van der Waals surface area contributed by atoms with E-state index in [0.29, 0.717) is 36.0 Å². The van der Waals surface area contributed by atoms with Crippen LogP contribution in [0.1, 0.15) is 65.2 Å². The van der Waals surface area contributed by atoms with Gasteiger partial charge in [0.25, 0.3) is 0 Å². The number of hydrogen-bond acceptors (Lipinski definition) is 12. The van der Waals surface area contributed by atoms with E-state index < -0.39 is 31.6 Å². The monoisotopic (exact) mass is 926 g/mol. The summed E-state index contributed by atoms with van der Waals surface area (Å²) in [6.45, 7) is 5.46. The predicted molar refractivity (Wildman–Crippen MR) is 249 cm³/mol. The fraction of sp³-hybridized carbons (Fsp3) is 0.435. The highest BCUT2D eigenvalue weighted by atomic mass is 32.2. The molecule has 0 aliphatic carbocycles. The van der Waals surface area contributed by atoms with Crippen molar-refractivity contribution in [3.8, 4) is 11.5 Å². The van der Waals surface area contributed by atoms with Crippen LogP contribution in [0.25, 0.3) is 0 Å². The van der Waals surface area contributed by atoms with E-state index in [2.05, 4.69) is 23.6 Å². The van der Waals surface area contributed by atoms with Crippen LogP contribution < -0.4 is 19.3 Å². The number of carboxylic acid groups (broad SMARTS) is 2. The van der Waals surface area contributed by atoms with Gasteiger partial charge in [0.15, 0.2) is 19.7 Å². The molecule has 2 atom stereocenters. The van der Waals surface area contributed by atoms with Gasteiger partial charge in [0, 0.05) is 36.6 Å². The number of carboxylic acids is 2. The Bertz CT molecular complexity index is 2180. The molecule has 4 aromatic carbocycles. The van der Waals surface area contributed by atoms with Crippen molar-refractivity contribution in [1.82, 2.24) is 0 Å². The summed E-state index contributed by atoms with van der Waals surface area (Å²) in [5.41, 5.74) is 3.21. The molecular formula is C46H58N2O10S4. The topological polar surface area (TPSA) is 168 Å². The van der Waals surface area contributed by atoms with Gasteiger partial charge in [-0.3, -0.25) is 9.59 Å². The van der Waals surface area contributed by atoms with E-state index >= 15 is 0 Å². The first-order valence-corrected chi connectivity index (χ1v) is 26.7. The van der Waals surface area contributed by atoms with E-state index in [1.165, 1.54) is 23.5 Å². The molecule has 16 heteroatoms. The van der Waals surface area contributed by atoms with Gasteiger partial charge < -0.3 is 29.5 Å². The van der Waals surface area contributed by atoms with Gasteiger partial charge in [-0.25, -0.2) is 16.8 Å². The highest BCUT2D eigenvalue weighted by Gasteiger charge is 2.35. The van der Waals surface area contributed by atoms with Crippen molar-refractivity contribution >= 4 is 77.9 Å². The third kappa shape index (κ3) is 12.9. The van der Waals surface area contributed by atoms with Crippen molar-refractivity contribution < 1.29 is 46.1 Å². The van der Waals surface area contributed by atoms with E-state index in [4.69, 9.17) is 19.7 Å². The second-order valence-electron chi connectivity index (χ2n) is 15.4. The predicted octanol–water partition coefficient (Wildman–Crippen LogP) is 9.99. The molecule has 62 heavy (non-hydrogen) atoms. The molecule has 2 N–H and O–H groups in total. The van der Waals surface area contributed by atoms with Crippen LogP contribution in [0.5, 0.6) is 11.5 Å². The smallest absolute Gasteiger partial charge is 0.306 e. The van der Waals surface area contributed by atoms with Gasteiger partial charge in [0.1, 0.15) is 11.5 Å². The van der Waals surface area contributed by atoms with Crippen molar-refractivity contribution in [1.29, 1.82) is 0 Å². The van der Waals surface area contributed by atoms with E-state index in [-0.39, 0.29) is 59.2 Å². The number of ether oxygens (including phenoxy) is 2. The molecule has 0 radical (unpaired) electrons. The van der Waals surface area contributed by atoms with E-state index in [1.807, 2.05) is 85.3 Å². The minimum Gasteiger partial charge on any atom is -0.492 e. The normalized spacial score (nSPS) is 17.6. The number of para-hydroxylation sites is 2. The van der Waals surface area contributed by atoms with Crippen LogP contribution in [-0.4, -0.2) is 89.3 Å². The van der Waals surface area contributed by atoms with Gasteiger partial charge in [-0.1, -0.05) is 75.9 Å². The number of hydrogen-bond donors (Lipinski definition) is 2. The Balaban J connectivity index is 0.000000234. The van der Waals surface area contributed by atoms with Gasteiger partial charge in [0.05, 0.1) is 68.5 Å². The standard InChI is InChI=1S/2C23H29NO5S2/c2*1-3-4-8-17-15-24(18-9-6-5-7-10-18)19-13-21(30-2)20(29-12-11-23(25)26)14-22(19)31(27,28)16-17/h2*5-7,9-10,13-14,17H,3-4,8,11-12,15-16H2,1-2H3,(H,25,26)/t2*17-/m10/s1. The first-order chi connectivity index (χ1) is 29.7. The highest BCUT2D eigenvalue weighted by Crippen LogP contribution is 2.45. The van der Waals surface area contributed by atoms with Crippen LogP contribution in [-0.2, 0) is 29.3 Å². The summed E-state index contributed by atoms with van der Waals surface area (Å²) < 4.78 is 65.0. The summed E-state index contributed by atoms with van der Waals surface area (Å²) in [6.07, 6.45) is 9.22. The lowest BCUT2D eigenvalue weighted by atomic mass is 10.0. The summed E-state index contributed by atoms with van der Waals surface area (Å²) >= 11 is 2.90. The molecule has 6 rings (SSSR count). The minimum absolute atomic E-state index is 0.0107. The molecule has 2 aliphatic heterocycles. The number of unbranched alkanes of at least 4 members (excludes halogenated alkanes) is 2. The number of fused-ring (bicyclic) bond motifs is 2. The zero-order valence-corrected chi connectivity index (χ0v) is 39.1. The number of aliphatic carboxylic acids is 2. The lowest BCUT2D eigenvalue weighted by Gasteiger charge is -2.28. The van der Waals surface area contributed by atoms with Crippen molar-refractivity contribution in [3.05, 3.63) is 84.9 Å². The molecule has 0 bridgehead atoms. The van der Waals surface area contributed by atoms with Crippen molar-refractivity contribution in [2.24, 2.45) is 11.8 Å². The number of benzene rings is 4.